The summed E-state index contributed by atoms with van der Waals surface area (Å²) in [6, 6.07) is 2.50. The first kappa shape index (κ1) is 11.6. The minimum absolute atomic E-state index is 0.0725. The molecule has 0 aliphatic rings. The van der Waals surface area contributed by atoms with Crippen LogP contribution < -0.4 is 11.1 Å². The van der Waals surface area contributed by atoms with Crippen LogP contribution >= 0.6 is 0 Å². The summed E-state index contributed by atoms with van der Waals surface area (Å²) in [4.78, 5) is 10.7. The first-order chi connectivity index (χ1) is 7.04. The van der Waals surface area contributed by atoms with E-state index < -0.39 is 23.6 Å². The van der Waals surface area contributed by atoms with Crippen LogP contribution in [0.2, 0.25) is 0 Å². The summed E-state index contributed by atoms with van der Waals surface area (Å²) in [6.45, 7) is 0. The fraction of sp³-hybridized carbons (Fsp3) is 0.300. The van der Waals surface area contributed by atoms with Crippen LogP contribution in [0.3, 0.4) is 0 Å². The number of hydrogen-bond acceptors (Lipinski definition) is 2. The summed E-state index contributed by atoms with van der Waals surface area (Å²) in [7, 11) is 1.55. The van der Waals surface area contributed by atoms with Crippen molar-refractivity contribution >= 4 is 5.91 Å². The van der Waals surface area contributed by atoms with E-state index in [1.54, 1.807) is 7.05 Å². The largest absolute Gasteiger partial charge is 0.370 e. The van der Waals surface area contributed by atoms with E-state index in [0.29, 0.717) is 0 Å². The zero-order chi connectivity index (χ0) is 11.4. The Labute approximate surface area is 86.3 Å². The highest BCUT2D eigenvalue weighted by Gasteiger charge is 2.16. The summed E-state index contributed by atoms with van der Waals surface area (Å²) in [6.07, 6.45) is -0.0725. The van der Waals surface area contributed by atoms with Gasteiger partial charge in [-0.3, -0.25) is 4.79 Å². The molecule has 3 N–H and O–H groups in total. The second-order valence-electron chi connectivity index (χ2n) is 3.18. The number of nitrogens with two attached hydrogens (primary N) is 1. The van der Waals surface area contributed by atoms with Crippen LogP contribution in [0.25, 0.3) is 0 Å². The molecule has 1 unspecified atom stereocenters. The Morgan fingerprint density at radius 3 is 2.73 bits per heavy atom. The van der Waals surface area contributed by atoms with Gasteiger partial charge in [0.05, 0.1) is 0 Å². The second kappa shape index (κ2) is 4.84. The SMILES string of the molecule is CNC(CC(N)=O)c1cc(F)ccc1F. The molecular weight excluding hydrogens is 202 g/mol. The van der Waals surface area contributed by atoms with Gasteiger partial charge in [0.25, 0.3) is 0 Å². The highest BCUT2D eigenvalue weighted by molar-refractivity contribution is 5.74. The number of benzene rings is 1. The van der Waals surface area contributed by atoms with E-state index in [0.717, 1.165) is 18.2 Å². The predicted octanol–water partition coefficient (Wildman–Crippen LogP) is 1.10. The van der Waals surface area contributed by atoms with Crippen LogP contribution in [0, 0.1) is 11.6 Å². The van der Waals surface area contributed by atoms with Gasteiger partial charge in [0, 0.05) is 18.0 Å². The number of nitrogens with one attached hydrogen (secondary N) is 1. The smallest absolute Gasteiger partial charge is 0.219 e. The molecule has 0 heterocycles. The van der Waals surface area contributed by atoms with Crippen molar-refractivity contribution in [1.82, 2.24) is 5.32 Å². The maximum Gasteiger partial charge on any atom is 0.219 e. The van der Waals surface area contributed by atoms with Crippen molar-refractivity contribution in [2.75, 3.05) is 7.05 Å². The van der Waals surface area contributed by atoms with Crippen molar-refractivity contribution in [3.8, 4) is 0 Å². The number of amides is 1. The monoisotopic (exact) mass is 214 g/mol. The highest BCUT2D eigenvalue weighted by atomic mass is 19.1. The standard InChI is InChI=1S/C10H12F2N2O/c1-14-9(5-10(13)15)7-4-6(11)2-3-8(7)12/h2-4,9,14H,5H2,1H3,(H2,13,15). The van der Waals surface area contributed by atoms with E-state index in [2.05, 4.69) is 5.32 Å². The Hall–Kier alpha value is -1.49. The molecule has 0 bridgehead atoms. The van der Waals surface area contributed by atoms with Crippen molar-refractivity contribution in [3.05, 3.63) is 35.4 Å². The Morgan fingerprint density at radius 1 is 1.53 bits per heavy atom. The third-order valence-corrected chi connectivity index (χ3v) is 2.09. The number of halogens is 2. The molecule has 5 heteroatoms. The molecule has 0 aromatic heterocycles. The van der Waals surface area contributed by atoms with Crippen LogP contribution in [0.15, 0.2) is 18.2 Å². The number of carbonyl (C=O) groups excluding carboxylic acids is 1. The van der Waals surface area contributed by atoms with Crippen LogP contribution in [0.4, 0.5) is 8.78 Å². The Balaban J connectivity index is 3.00. The fourth-order valence-electron chi connectivity index (χ4n) is 1.35. The predicted molar refractivity (Wildman–Crippen MR) is 52.0 cm³/mol. The highest BCUT2D eigenvalue weighted by Crippen LogP contribution is 2.20. The molecule has 3 nitrogen and oxygen atoms in total. The molecule has 0 saturated carbocycles. The Morgan fingerprint density at radius 2 is 2.20 bits per heavy atom. The van der Waals surface area contributed by atoms with Gasteiger partial charge in [0.1, 0.15) is 11.6 Å². The molecule has 82 valence electrons. The lowest BCUT2D eigenvalue weighted by atomic mass is 10.0. The number of primary amides is 1. The molecule has 15 heavy (non-hydrogen) atoms. The molecule has 0 spiro atoms. The molecule has 1 aromatic rings. The van der Waals surface area contributed by atoms with Gasteiger partial charge in [-0.2, -0.15) is 0 Å². The molecule has 1 rings (SSSR count). The van der Waals surface area contributed by atoms with E-state index in [1.807, 2.05) is 0 Å². The van der Waals surface area contributed by atoms with Crippen molar-refractivity contribution in [1.29, 1.82) is 0 Å². The molecule has 1 amide bonds. The van der Waals surface area contributed by atoms with Gasteiger partial charge in [-0.05, 0) is 25.2 Å². The summed E-state index contributed by atoms with van der Waals surface area (Å²) in [5.41, 5.74) is 5.11. The minimum atomic E-state index is -0.599. The van der Waals surface area contributed by atoms with Gasteiger partial charge in [-0.15, -0.1) is 0 Å². The lowest BCUT2D eigenvalue weighted by Crippen LogP contribution is -2.24. The minimum Gasteiger partial charge on any atom is -0.370 e. The Bertz CT molecular complexity index is 368. The molecule has 0 fully saturated rings. The van der Waals surface area contributed by atoms with E-state index in [9.17, 15) is 13.6 Å². The number of rotatable bonds is 4. The van der Waals surface area contributed by atoms with Crippen molar-refractivity contribution in [3.63, 3.8) is 0 Å². The Kier molecular flexibility index (Phi) is 3.74. The third-order valence-electron chi connectivity index (χ3n) is 2.09. The van der Waals surface area contributed by atoms with E-state index in [1.165, 1.54) is 0 Å². The quantitative estimate of drug-likeness (QED) is 0.788. The van der Waals surface area contributed by atoms with Crippen molar-refractivity contribution in [2.24, 2.45) is 5.73 Å². The summed E-state index contributed by atoms with van der Waals surface area (Å²) in [5, 5.41) is 2.71. The maximum atomic E-state index is 13.3. The average molecular weight is 214 g/mol. The van der Waals surface area contributed by atoms with E-state index in [-0.39, 0.29) is 12.0 Å². The second-order valence-corrected chi connectivity index (χ2v) is 3.18. The summed E-state index contributed by atoms with van der Waals surface area (Å²) in [5.74, 6) is -1.67. The van der Waals surface area contributed by atoms with Crippen LogP contribution in [0.1, 0.15) is 18.0 Å². The first-order valence-electron chi connectivity index (χ1n) is 4.45. The lowest BCUT2D eigenvalue weighted by molar-refractivity contribution is -0.118. The van der Waals surface area contributed by atoms with Crippen LogP contribution in [-0.2, 0) is 4.79 Å². The van der Waals surface area contributed by atoms with Gasteiger partial charge in [0.2, 0.25) is 5.91 Å². The summed E-state index contributed by atoms with van der Waals surface area (Å²) < 4.78 is 26.2. The van der Waals surface area contributed by atoms with Crippen LogP contribution in [0.5, 0.6) is 0 Å². The average Bonchev–Trinajstić information content (AvgIpc) is 2.18. The molecule has 0 aliphatic carbocycles. The third kappa shape index (κ3) is 2.99. The van der Waals surface area contributed by atoms with Crippen molar-refractivity contribution in [2.45, 2.75) is 12.5 Å². The van der Waals surface area contributed by atoms with E-state index >= 15 is 0 Å². The molecular formula is C10H12F2N2O. The van der Waals surface area contributed by atoms with Gasteiger partial charge in [-0.1, -0.05) is 0 Å². The molecule has 0 radical (unpaired) electrons. The fourth-order valence-corrected chi connectivity index (χ4v) is 1.35. The summed E-state index contributed by atoms with van der Waals surface area (Å²) >= 11 is 0. The van der Waals surface area contributed by atoms with Crippen LogP contribution in [-0.4, -0.2) is 13.0 Å². The molecule has 1 atom stereocenters. The van der Waals surface area contributed by atoms with Gasteiger partial charge in [-0.25, -0.2) is 8.78 Å². The first-order valence-corrected chi connectivity index (χ1v) is 4.45. The normalized spacial score (nSPS) is 12.5. The lowest BCUT2D eigenvalue weighted by Gasteiger charge is -2.15. The number of carbonyl (C=O) groups is 1. The molecule has 0 saturated heterocycles. The molecule has 0 aliphatic heterocycles. The number of hydrogen-bond donors (Lipinski definition) is 2. The zero-order valence-corrected chi connectivity index (χ0v) is 8.26. The van der Waals surface area contributed by atoms with E-state index in [4.69, 9.17) is 5.73 Å². The van der Waals surface area contributed by atoms with Crippen molar-refractivity contribution < 1.29 is 13.6 Å². The maximum absolute atomic E-state index is 13.3. The van der Waals surface area contributed by atoms with Gasteiger partial charge < -0.3 is 11.1 Å². The molecule has 1 aromatic carbocycles. The topological polar surface area (TPSA) is 55.1 Å². The zero-order valence-electron chi connectivity index (χ0n) is 8.26. The van der Waals surface area contributed by atoms with Gasteiger partial charge in [0.15, 0.2) is 0 Å². The van der Waals surface area contributed by atoms with Gasteiger partial charge >= 0.3 is 0 Å².